The maximum atomic E-state index is 5.46. The topological polar surface area (TPSA) is 17.4 Å². The van der Waals surface area contributed by atoms with E-state index in [1.807, 2.05) is 0 Å². The van der Waals surface area contributed by atoms with Crippen LogP contribution < -0.4 is 4.74 Å². The van der Waals surface area contributed by atoms with Gasteiger partial charge in [-0.05, 0) is 75.5 Å². The van der Waals surface area contributed by atoms with Gasteiger partial charge in [-0.25, -0.2) is 0 Å². The summed E-state index contributed by atoms with van der Waals surface area (Å²) >= 11 is 0. The van der Waals surface area contributed by atoms with Gasteiger partial charge in [0.05, 0.1) is 7.11 Å². The molecule has 1 aromatic heterocycles. The second kappa shape index (κ2) is 5.06. The highest BCUT2D eigenvalue weighted by atomic mass is 16.5. The molecule has 3 heteroatoms. The Morgan fingerprint density at radius 3 is 2.71 bits per heavy atom. The van der Waals surface area contributed by atoms with E-state index in [2.05, 4.69) is 34.7 Å². The Morgan fingerprint density at radius 2 is 1.95 bits per heavy atom. The average Bonchev–Trinajstić information content (AvgIpc) is 3.08. The van der Waals surface area contributed by atoms with Crippen molar-refractivity contribution in [1.29, 1.82) is 0 Å². The third-order valence-electron chi connectivity index (χ3n) is 5.34. The van der Waals surface area contributed by atoms with E-state index in [4.69, 9.17) is 4.74 Å². The van der Waals surface area contributed by atoms with Gasteiger partial charge in [0.25, 0.3) is 0 Å². The van der Waals surface area contributed by atoms with Crippen molar-refractivity contribution in [3.05, 3.63) is 29.5 Å². The summed E-state index contributed by atoms with van der Waals surface area (Å²) in [6, 6.07) is 6.61. The Morgan fingerprint density at radius 1 is 1.14 bits per heavy atom. The van der Waals surface area contributed by atoms with E-state index in [0.29, 0.717) is 0 Å². The molecule has 2 aliphatic rings. The number of rotatable bonds is 2. The van der Waals surface area contributed by atoms with Gasteiger partial charge in [0.1, 0.15) is 5.75 Å². The summed E-state index contributed by atoms with van der Waals surface area (Å²) in [7, 11) is 4.00. The fourth-order valence-corrected chi connectivity index (χ4v) is 4.22. The molecular weight excluding hydrogens is 260 g/mol. The molecule has 1 aromatic carbocycles. The SMILES string of the molecule is COc1ccc2c(c1)c(C1CCN(C)CC1)c1n2CCC1. The van der Waals surface area contributed by atoms with Crippen molar-refractivity contribution in [2.24, 2.45) is 0 Å². The van der Waals surface area contributed by atoms with E-state index in [-0.39, 0.29) is 0 Å². The van der Waals surface area contributed by atoms with Crippen molar-refractivity contribution in [2.45, 2.75) is 38.1 Å². The predicted molar refractivity (Wildman–Crippen MR) is 86.3 cm³/mol. The van der Waals surface area contributed by atoms with Gasteiger partial charge >= 0.3 is 0 Å². The molecule has 0 spiro atoms. The van der Waals surface area contributed by atoms with E-state index >= 15 is 0 Å². The highest BCUT2D eigenvalue weighted by Crippen LogP contribution is 2.41. The van der Waals surface area contributed by atoms with E-state index < -0.39 is 0 Å². The summed E-state index contributed by atoms with van der Waals surface area (Å²) in [5.41, 5.74) is 4.65. The first kappa shape index (κ1) is 13.2. The molecule has 0 atom stereocenters. The van der Waals surface area contributed by atoms with E-state index in [0.717, 1.165) is 11.7 Å². The molecule has 0 N–H and O–H groups in total. The van der Waals surface area contributed by atoms with Crippen molar-refractivity contribution in [2.75, 3.05) is 27.2 Å². The van der Waals surface area contributed by atoms with E-state index in [1.165, 1.54) is 56.2 Å². The maximum Gasteiger partial charge on any atom is 0.119 e. The minimum Gasteiger partial charge on any atom is -0.497 e. The summed E-state index contributed by atoms with van der Waals surface area (Å²) in [5.74, 6) is 1.71. The molecule has 0 aliphatic carbocycles. The molecule has 0 radical (unpaired) electrons. The molecule has 21 heavy (non-hydrogen) atoms. The first-order chi connectivity index (χ1) is 10.3. The van der Waals surface area contributed by atoms with Crippen LogP contribution in [0.5, 0.6) is 5.75 Å². The van der Waals surface area contributed by atoms with Crippen LogP contribution in [0.1, 0.15) is 36.4 Å². The second-order valence-corrected chi connectivity index (χ2v) is 6.58. The van der Waals surface area contributed by atoms with Gasteiger partial charge in [0, 0.05) is 23.1 Å². The average molecular weight is 284 g/mol. The van der Waals surface area contributed by atoms with Gasteiger partial charge in [0.15, 0.2) is 0 Å². The number of piperidine rings is 1. The van der Waals surface area contributed by atoms with Crippen LogP contribution >= 0.6 is 0 Å². The number of methoxy groups -OCH3 is 1. The van der Waals surface area contributed by atoms with Crippen LogP contribution in [0, 0.1) is 0 Å². The smallest absolute Gasteiger partial charge is 0.119 e. The minimum absolute atomic E-state index is 0.727. The summed E-state index contributed by atoms with van der Waals surface area (Å²) in [6.07, 6.45) is 5.13. The lowest BCUT2D eigenvalue weighted by atomic mass is 9.87. The lowest BCUT2D eigenvalue weighted by Gasteiger charge is -2.29. The number of fused-ring (bicyclic) bond motifs is 3. The van der Waals surface area contributed by atoms with Crippen molar-refractivity contribution in [3.8, 4) is 5.75 Å². The summed E-state index contributed by atoms with van der Waals surface area (Å²) < 4.78 is 8.02. The van der Waals surface area contributed by atoms with Crippen molar-refractivity contribution in [3.63, 3.8) is 0 Å². The maximum absolute atomic E-state index is 5.46. The molecule has 1 saturated heterocycles. The van der Waals surface area contributed by atoms with Gasteiger partial charge in [0.2, 0.25) is 0 Å². The highest BCUT2D eigenvalue weighted by Gasteiger charge is 2.28. The lowest BCUT2D eigenvalue weighted by molar-refractivity contribution is 0.255. The van der Waals surface area contributed by atoms with Crippen molar-refractivity contribution >= 4 is 10.9 Å². The fourth-order valence-electron chi connectivity index (χ4n) is 4.22. The molecule has 0 bridgehead atoms. The number of aromatic nitrogens is 1. The summed E-state index contributed by atoms with van der Waals surface area (Å²) in [5, 5.41) is 1.44. The molecular formula is C18H24N2O. The van der Waals surface area contributed by atoms with Crippen molar-refractivity contribution < 1.29 is 4.74 Å². The van der Waals surface area contributed by atoms with Crippen LogP contribution in [-0.4, -0.2) is 36.7 Å². The molecule has 3 nitrogen and oxygen atoms in total. The molecule has 0 amide bonds. The van der Waals surface area contributed by atoms with Crippen LogP contribution in [0.15, 0.2) is 18.2 Å². The van der Waals surface area contributed by atoms with Gasteiger partial charge in [-0.15, -0.1) is 0 Å². The highest BCUT2D eigenvalue weighted by molar-refractivity contribution is 5.88. The molecule has 2 aliphatic heterocycles. The number of ether oxygens (including phenoxy) is 1. The molecule has 3 heterocycles. The minimum atomic E-state index is 0.727. The molecule has 0 unspecified atom stereocenters. The number of aryl methyl sites for hydroxylation is 1. The van der Waals surface area contributed by atoms with E-state index in [1.54, 1.807) is 18.4 Å². The van der Waals surface area contributed by atoms with Crippen LogP contribution in [0.3, 0.4) is 0 Å². The zero-order chi connectivity index (χ0) is 14.4. The molecule has 2 aromatic rings. The van der Waals surface area contributed by atoms with E-state index in [9.17, 15) is 0 Å². The molecule has 1 fully saturated rings. The van der Waals surface area contributed by atoms with Gasteiger partial charge in [-0.1, -0.05) is 0 Å². The largest absolute Gasteiger partial charge is 0.497 e. The normalized spacial score (nSPS) is 20.1. The van der Waals surface area contributed by atoms with Crippen molar-refractivity contribution in [1.82, 2.24) is 9.47 Å². The first-order valence-electron chi connectivity index (χ1n) is 8.15. The van der Waals surface area contributed by atoms with Crippen LogP contribution in [-0.2, 0) is 13.0 Å². The van der Waals surface area contributed by atoms with Gasteiger partial charge < -0.3 is 14.2 Å². The molecule has 4 rings (SSSR count). The molecule has 112 valence electrons. The summed E-state index contributed by atoms with van der Waals surface area (Å²) in [4.78, 5) is 2.45. The van der Waals surface area contributed by atoms with Gasteiger partial charge in [-0.3, -0.25) is 0 Å². The standard InChI is InChI=1S/C18H24N2O/c1-19-10-7-13(8-11-19)18-15-12-14(21-2)5-6-16(15)20-9-3-4-17(18)20/h5-6,12-13H,3-4,7-11H2,1-2H3. The Hall–Kier alpha value is -1.48. The number of nitrogens with zero attached hydrogens (tertiary/aromatic N) is 2. The fraction of sp³-hybridized carbons (Fsp3) is 0.556. The quantitative estimate of drug-likeness (QED) is 0.841. The number of hydrogen-bond donors (Lipinski definition) is 0. The first-order valence-corrected chi connectivity index (χ1v) is 8.15. The zero-order valence-electron chi connectivity index (χ0n) is 13.1. The third-order valence-corrected chi connectivity index (χ3v) is 5.34. The zero-order valence-corrected chi connectivity index (χ0v) is 13.1. The number of benzene rings is 1. The Kier molecular flexibility index (Phi) is 3.18. The summed E-state index contributed by atoms with van der Waals surface area (Å²) in [6.45, 7) is 3.63. The van der Waals surface area contributed by atoms with Crippen LogP contribution in [0.4, 0.5) is 0 Å². The second-order valence-electron chi connectivity index (χ2n) is 6.58. The number of likely N-dealkylation sites (tertiary alicyclic amines) is 1. The van der Waals surface area contributed by atoms with Crippen LogP contribution in [0.25, 0.3) is 10.9 Å². The third kappa shape index (κ3) is 2.06. The van der Waals surface area contributed by atoms with Crippen LogP contribution in [0.2, 0.25) is 0 Å². The predicted octanol–water partition coefficient (Wildman–Crippen LogP) is 3.41. The Bertz CT molecular complexity index is 665. The monoisotopic (exact) mass is 284 g/mol. The van der Waals surface area contributed by atoms with Gasteiger partial charge in [-0.2, -0.15) is 0 Å². The molecule has 0 saturated carbocycles. The Balaban J connectivity index is 1.86. The number of hydrogen-bond acceptors (Lipinski definition) is 2. The Labute approximate surface area is 126 Å². The lowest BCUT2D eigenvalue weighted by Crippen LogP contribution is -2.29.